The van der Waals surface area contributed by atoms with E-state index in [0.717, 1.165) is 24.2 Å². The summed E-state index contributed by atoms with van der Waals surface area (Å²) in [6.07, 6.45) is 1.51. The first-order valence-corrected chi connectivity index (χ1v) is 8.83. The molecule has 0 radical (unpaired) electrons. The number of methoxy groups -OCH3 is 1. The lowest BCUT2D eigenvalue weighted by atomic mass is 9.98. The number of imidazole rings is 1. The number of amides is 1. The monoisotopic (exact) mass is 359 g/mol. The van der Waals surface area contributed by atoms with Gasteiger partial charge in [0.2, 0.25) is 0 Å². The summed E-state index contributed by atoms with van der Waals surface area (Å²) in [5.74, 6) is 0.450. The van der Waals surface area contributed by atoms with Crippen molar-refractivity contribution in [3.05, 3.63) is 29.6 Å². The third-order valence-corrected chi connectivity index (χ3v) is 4.40. The van der Waals surface area contributed by atoms with Crippen LogP contribution in [0.5, 0.6) is 0 Å². The second-order valence-corrected chi connectivity index (χ2v) is 7.58. The smallest absolute Gasteiger partial charge is 0.410 e. The van der Waals surface area contributed by atoms with Gasteiger partial charge in [0.05, 0.1) is 18.2 Å². The molecule has 1 atom stereocenters. The number of likely N-dealkylation sites (tertiary alicyclic amines) is 1. The van der Waals surface area contributed by atoms with E-state index < -0.39 is 11.6 Å². The Morgan fingerprint density at radius 3 is 2.77 bits per heavy atom. The number of hydrogen-bond acceptors (Lipinski definition) is 5. The molecule has 1 fully saturated rings. The zero-order chi connectivity index (χ0) is 18.9. The second-order valence-electron chi connectivity index (χ2n) is 7.58. The first-order chi connectivity index (χ1) is 12.3. The molecule has 140 valence electrons. The van der Waals surface area contributed by atoms with Crippen LogP contribution in [0.15, 0.2) is 18.2 Å². The summed E-state index contributed by atoms with van der Waals surface area (Å²) in [6.45, 7) is 6.81. The van der Waals surface area contributed by atoms with Crippen molar-refractivity contribution in [2.45, 2.75) is 45.1 Å². The van der Waals surface area contributed by atoms with Gasteiger partial charge in [-0.25, -0.2) is 14.6 Å². The van der Waals surface area contributed by atoms with Gasteiger partial charge in [0.25, 0.3) is 0 Å². The number of nitrogens with one attached hydrogen (secondary N) is 1. The average molecular weight is 359 g/mol. The number of benzene rings is 1. The zero-order valence-corrected chi connectivity index (χ0v) is 15.7. The zero-order valence-electron chi connectivity index (χ0n) is 15.7. The molecule has 1 aromatic carbocycles. The van der Waals surface area contributed by atoms with Crippen molar-refractivity contribution < 1.29 is 19.1 Å². The van der Waals surface area contributed by atoms with E-state index in [1.165, 1.54) is 7.11 Å². The Morgan fingerprint density at radius 1 is 1.31 bits per heavy atom. The molecule has 2 aromatic rings. The van der Waals surface area contributed by atoms with Crippen LogP contribution in [0.1, 0.15) is 55.7 Å². The number of H-pyrrole nitrogens is 1. The molecule has 3 rings (SSSR count). The average Bonchev–Trinajstić information content (AvgIpc) is 3.04. The van der Waals surface area contributed by atoms with Crippen LogP contribution in [-0.4, -0.2) is 52.7 Å². The van der Waals surface area contributed by atoms with E-state index in [1.807, 2.05) is 26.8 Å². The van der Waals surface area contributed by atoms with E-state index >= 15 is 0 Å². The lowest BCUT2D eigenvalue weighted by molar-refractivity contribution is 0.0196. The lowest BCUT2D eigenvalue weighted by Crippen LogP contribution is -2.42. The summed E-state index contributed by atoms with van der Waals surface area (Å²) in [6, 6.07) is 5.38. The van der Waals surface area contributed by atoms with Gasteiger partial charge in [-0.05, 0) is 45.7 Å². The number of hydrogen-bond donors (Lipinski definition) is 1. The Hall–Kier alpha value is -2.57. The molecule has 0 spiro atoms. The van der Waals surface area contributed by atoms with Gasteiger partial charge >= 0.3 is 12.1 Å². The molecule has 7 nitrogen and oxygen atoms in total. The molecule has 1 saturated heterocycles. The van der Waals surface area contributed by atoms with Crippen LogP contribution in [-0.2, 0) is 9.47 Å². The fraction of sp³-hybridized carbons (Fsp3) is 0.526. The molecule has 2 heterocycles. The number of carbonyl (C=O) groups excluding carboxylic acids is 2. The molecular weight excluding hydrogens is 334 g/mol. The Labute approximate surface area is 152 Å². The van der Waals surface area contributed by atoms with Crippen LogP contribution in [0.2, 0.25) is 0 Å². The minimum absolute atomic E-state index is 0.0779. The number of esters is 1. The maximum absolute atomic E-state index is 12.4. The Bertz CT molecular complexity index is 822. The van der Waals surface area contributed by atoms with Crippen LogP contribution in [0.4, 0.5) is 4.79 Å². The van der Waals surface area contributed by atoms with Gasteiger partial charge in [0.1, 0.15) is 16.9 Å². The fourth-order valence-electron chi connectivity index (χ4n) is 3.21. The van der Waals surface area contributed by atoms with Crippen molar-refractivity contribution in [2.24, 2.45) is 0 Å². The van der Waals surface area contributed by atoms with Crippen LogP contribution >= 0.6 is 0 Å². The summed E-state index contributed by atoms with van der Waals surface area (Å²) in [7, 11) is 1.36. The maximum Gasteiger partial charge on any atom is 0.410 e. The van der Waals surface area contributed by atoms with Gasteiger partial charge in [-0.1, -0.05) is 6.07 Å². The van der Waals surface area contributed by atoms with Crippen molar-refractivity contribution in [3.63, 3.8) is 0 Å². The number of para-hydroxylation sites is 1. The van der Waals surface area contributed by atoms with Gasteiger partial charge in [-0.15, -0.1) is 0 Å². The Balaban J connectivity index is 1.82. The second kappa shape index (κ2) is 6.97. The molecule has 7 heteroatoms. The molecule has 1 amide bonds. The van der Waals surface area contributed by atoms with Gasteiger partial charge in [-0.3, -0.25) is 0 Å². The number of ether oxygens (including phenoxy) is 2. The summed E-state index contributed by atoms with van der Waals surface area (Å²) in [5, 5.41) is 0. The summed E-state index contributed by atoms with van der Waals surface area (Å²) >= 11 is 0. The standard InChI is InChI=1S/C19H25N3O4/c1-19(2,3)26-18(24)22-10-6-7-12(11-22)16-20-14-9-5-8-13(15(14)21-16)17(23)25-4/h5,8-9,12H,6-7,10-11H2,1-4H3,(H,20,21). The highest BCUT2D eigenvalue weighted by Crippen LogP contribution is 2.28. The summed E-state index contributed by atoms with van der Waals surface area (Å²) < 4.78 is 10.3. The number of carbonyl (C=O) groups is 2. The van der Waals surface area contributed by atoms with Crippen LogP contribution < -0.4 is 0 Å². The van der Waals surface area contributed by atoms with Gasteiger partial charge in [0.15, 0.2) is 0 Å². The number of nitrogens with zero attached hydrogens (tertiary/aromatic N) is 2. The normalized spacial score (nSPS) is 18.0. The molecular formula is C19H25N3O4. The number of aromatic nitrogens is 2. The summed E-state index contributed by atoms with van der Waals surface area (Å²) in [4.78, 5) is 34.0. The topological polar surface area (TPSA) is 84.5 Å². The van der Waals surface area contributed by atoms with E-state index in [4.69, 9.17) is 9.47 Å². The van der Waals surface area contributed by atoms with E-state index in [-0.39, 0.29) is 12.0 Å². The number of piperidine rings is 1. The van der Waals surface area contributed by atoms with Crippen LogP contribution in [0, 0.1) is 0 Å². The van der Waals surface area contributed by atoms with Crippen molar-refractivity contribution in [3.8, 4) is 0 Å². The highest BCUT2D eigenvalue weighted by molar-refractivity contribution is 6.01. The third-order valence-electron chi connectivity index (χ3n) is 4.40. The predicted molar refractivity (Wildman–Crippen MR) is 97.2 cm³/mol. The number of aromatic amines is 1. The van der Waals surface area contributed by atoms with Gasteiger partial charge in [0, 0.05) is 19.0 Å². The van der Waals surface area contributed by atoms with E-state index in [9.17, 15) is 9.59 Å². The van der Waals surface area contributed by atoms with Crippen LogP contribution in [0.3, 0.4) is 0 Å². The number of fused-ring (bicyclic) bond motifs is 1. The van der Waals surface area contributed by atoms with Crippen LogP contribution in [0.25, 0.3) is 11.0 Å². The van der Waals surface area contributed by atoms with Gasteiger partial charge in [-0.2, -0.15) is 0 Å². The molecule has 0 bridgehead atoms. The minimum Gasteiger partial charge on any atom is -0.465 e. The highest BCUT2D eigenvalue weighted by atomic mass is 16.6. The molecule has 1 aliphatic rings. The highest BCUT2D eigenvalue weighted by Gasteiger charge is 2.30. The maximum atomic E-state index is 12.4. The first-order valence-electron chi connectivity index (χ1n) is 8.83. The van der Waals surface area contributed by atoms with E-state index in [0.29, 0.717) is 24.2 Å². The van der Waals surface area contributed by atoms with E-state index in [1.54, 1.807) is 17.0 Å². The third kappa shape index (κ3) is 3.81. The Morgan fingerprint density at radius 2 is 2.08 bits per heavy atom. The predicted octanol–water partition coefficient (Wildman–Crippen LogP) is 3.46. The quantitative estimate of drug-likeness (QED) is 0.830. The molecule has 0 aliphatic carbocycles. The minimum atomic E-state index is -0.515. The molecule has 1 unspecified atom stereocenters. The molecule has 0 saturated carbocycles. The van der Waals surface area contributed by atoms with Gasteiger partial charge < -0.3 is 19.4 Å². The first kappa shape index (κ1) is 18.2. The van der Waals surface area contributed by atoms with E-state index in [2.05, 4.69) is 9.97 Å². The van der Waals surface area contributed by atoms with Crippen molar-refractivity contribution in [1.82, 2.24) is 14.9 Å². The SMILES string of the molecule is COC(=O)c1cccc2[nH]c(C3CCCN(C(=O)OC(C)(C)C)C3)nc12. The fourth-order valence-corrected chi connectivity index (χ4v) is 3.21. The molecule has 1 aliphatic heterocycles. The Kier molecular flexibility index (Phi) is 4.89. The number of rotatable bonds is 2. The molecule has 1 N–H and O–H groups in total. The van der Waals surface area contributed by atoms with Crippen molar-refractivity contribution >= 4 is 23.1 Å². The largest absolute Gasteiger partial charge is 0.465 e. The molecule has 1 aromatic heterocycles. The summed E-state index contributed by atoms with van der Waals surface area (Å²) in [5.41, 5.74) is 1.31. The van der Waals surface area contributed by atoms with Crippen molar-refractivity contribution in [2.75, 3.05) is 20.2 Å². The molecule has 26 heavy (non-hydrogen) atoms. The lowest BCUT2D eigenvalue weighted by Gasteiger charge is -2.33. The van der Waals surface area contributed by atoms with Crippen molar-refractivity contribution in [1.29, 1.82) is 0 Å².